The van der Waals surface area contributed by atoms with Gasteiger partial charge in [-0.25, -0.2) is 0 Å². The van der Waals surface area contributed by atoms with Crippen molar-refractivity contribution in [1.29, 1.82) is 5.26 Å². The fraction of sp³-hybridized carbons (Fsp3) is 0.556. The van der Waals surface area contributed by atoms with Gasteiger partial charge in [-0.05, 0) is 55.9 Å². The lowest BCUT2D eigenvalue weighted by Crippen LogP contribution is -2.51. The summed E-state index contributed by atoms with van der Waals surface area (Å²) < 4.78 is 5.60. The molecule has 4 heteroatoms. The Kier molecular flexibility index (Phi) is 4.62. The lowest BCUT2D eigenvalue weighted by molar-refractivity contribution is -0.139. The minimum Gasteiger partial charge on any atom is -0.484 e. The van der Waals surface area contributed by atoms with Crippen LogP contribution in [0.2, 0.25) is 0 Å². The number of hydrogen-bond donors (Lipinski definition) is 0. The van der Waals surface area contributed by atoms with Gasteiger partial charge in [0.05, 0.1) is 11.6 Å². The lowest BCUT2D eigenvalue weighted by atomic mass is 9.78. The number of nitrogens with zero attached hydrogens (tertiary/aromatic N) is 2. The number of benzene rings is 1. The van der Waals surface area contributed by atoms with Crippen molar-refractivity contribution in [2.45, 2.75) is 44.6 Å². The van der Waals surface area contributed by atoms with Crippen LogP contribution in [0, 0.1) is 17.2 Å². The molecule has 0 unspecified atom stereocenters. The molecule has 22 heavy (non-hydrogen) atoms. The molecule has 3 rings (SSSR count). The largest absolute Gasteiger partial charge is 0.484 e. The van der Waals surface area contributed by atoms with Crippen LogP contribution >= 0.6 is 0 Å². The smallest absolute Gasteiger partial charge is 0.260 e. The quantitative estimate of drug-likeness (QED) is 0.861. The van der Waals surface area contributed by atoms with Gasteiger partial charge in [0.25, 0.3) is 5.91 Å². The van der Waals surface area contributed by atoms with E-state index in [1.165, 1.54) is 25.7 Å². The summed E-state index contributed by atoms with van der Waals surface area (Å²) in [5.74, 6) is 1.44. The van der Waals surface area contributed by atoms with Crippen molar-refractivity contribution in [3.8, 4) is 11.8 Å². The maximum Gasteiger partial charge on any atom is 0.260 e. The van der Waals surface area contributed by atoms with Gasteiger partial charge in [-0.3, -0.25) is 4.79 Å². The Morgan fingerprint density at radius 2 is 1.91 bits per heavy atom. The summed E-state index contributed by atoms with van der Waals surface area (Å²) >= 11 is 0. The Balaban J connectivity index is 1.57. The molecule has 0 radical (unpaired) electrons. The summed E-state index contributed by atoms with van der Waals surface area (Å²) in [4.78, 5) is 14.6. The van der Waals surface area contributed by atoms with Gasteiger partial charge < -0.3 is 9.64 Å². The van der Waals surface area contributed by atoms with Crippen LogP contribution in [0.3, 0.4) is 0 Å². The lowest BCUT2D eigenvalue weighted by Gasteiger charge is -2.44. The molecule has 4 nitrogen and oxygen atoms in total. The SMILES string of the molecule is N#Cc1ccc(OCC(=O)N2CCC[C@@H]3CCCC[C@H]32)cc1. The first-order valence-electron chi connectivity index (χ1n) is 8.20. The maximum absolute atomic E-state index is 12.5. The Bertz CT molecular complexity index is 559. The second kappa shape index (κ2) is 6.83. The number of amides is 1. The van der Waals surface area contributed by atoms with Gasteiger partial charge in [-0.15, -0.1) is 0 Å². The highest BCUT2D eigenvalue weighted by Crippen LogP contribution is 2.35. The molecule has 2 aliphatic rings. The van der Waals surface area contributed by atoms with Crippen molar-refractivity contribution in [1.82, 2.24) is 4.90 Å². The van der Waals surface area contributed by atoms with E-state index in [2.05, 4.69) is 11.0 Å². The van der Waals surface area contributed by atoms with Crippen molar-refractivity contribution in [2.75, 3.05) is 13.2 Å². The molecule has 1 aliphatic carbocycles. The average molecular weight is 298 g/mol. The Morgan fingerprint density at radius 1 is 1.18 bits per heavy atom. The zero-order valence-corrected chi connectivity index (χ0v) is 12.8. The third-order valence-corrected chi connectivity index (χ3v) is 4.91. The number of fused-ring (bicyclic) bond motifs is 1. The van der Waals surface area contributed by atoms with Crippen molar-refractivity contribution in [3.05, 3.63) is 29.8 Å². The maximum atomic E-state index is 12.5. The summed E-state index contributed by atoms with van der Waals surface area (Å²) in [7, 11) is 0. The van der Waals surface area contributed by atoms with Gasteiger partial charge >= 0.3 is 0 Å². The van der Waals surface area contributed by atoms with E-state index in [1.807, 2.05) is 0 Å². The van der Waals surface area contributed by atoms with Gasteiger partial charge in [0.15, 0.2) is 6.61 Å². The highest BCUT2D eigenvalue weighted by atomic mass is 16.5. The van der Waals surface area contributed by atoms with Crippen LogP contribution in [0.1, 0.15) is 44.1 Å². The fourth-order valence-corrected chi connectivity index (χ4v) is 3.79. The molecule has 1 heterocycles. The van der Waals surface area contributed by atoms with Crippen LogP contribution < -0.4 is 4.74 Å². The number of nitriles is 1. The summed E-state index contributed by atoms with van der Waals surface area (Å²) in [5, 5.41) is 8.78. The van der Waals surface area contributed by atoms with Crippen LogP contribution in [0.25, 0.3) is 0 Å². The highest BCUT2D eigenvalue weighted by molar-refractivity contribution is 5.78. The number of piperidine rings is 1. The fourth-order valence-electron chi connectivity index (χ4n) is 3.79. The first-order valence-corrected chi connectivity index (χ1v) is 8.20. The minimum absolute atomic E-state index is 0.0924. The van der Waals surface area contributed by atoms with E-state index in [-0.39, 0.29) is 12.5 Å². The van der Waals surface area contributed by atoms with Crippen molar-refractivity contribution < 1.29 is 9.53 Å². The molecule has 2 fully saturated rings. The molecule has 1 saturated heterocycles. The molecule has 1 aromatic rings. The molecular weight excluding hydrogens is 276 g/mol. The Labute approximate surface area is 131 Å². The van der Waals surface area contributed by atoms with E-state index >= 15 is 0 Å². The van der Waals surface area contributed by atoms with Crippen LogP contribution in [-0.4, -0.2) is 30.0 Å². The number of ether oxygens (including phenoxy) is 1. The van der Waals surface area contributed by atoms with E-state index < -0.39 is 0 Å². The summed E-state index contributed by atoms with van der Waals surface area (Å²) in [6.45, 7) is 0.964. The van der Waals surface area contributed by atoms with Crippen LogP contribution in [0.15, 0.2) is 24.3 Å². The summed E-state index contributed by atoms with van der Waals surface area (Å²) in [5.41, 5.74) is 0.597. The molecule has 116 valence electrons. The molecule has 1 aromatic carbocycles. The number of carbonyl (C=O) groups is 1. The molecule has 1 saturated carbocycles. The van der Waals surface area contributed by atoms with E-state index in [1.54, 1.807) is 24.3 Å². The number of rotatable bonds is 3. The third-order valence-electron chi connectivity index (χ3n) is 4.91. The van der Waals surface area contributed by atoms with Gasteiger partial charge in [0.1, 0.15) is 5.75 Å². The first-order chi connectivity index (χ1) is 10.8. The number of carbonyl (C=O) groups excluding carboxylic acids is 1. The van der Waals surface area contributed by atoms with Crippen LogP contribution in [-0.2, 0) is 4.79 Å². The molecule has 0 N–H and O–H groups in total. The Hall–Kier alpha value is -2.02. The predicted octanol–water partition coefficient (Wildman–Crippen LogP) is 3.12. The Morgan fingerprint density at radius 3 is 2.68 bits per heavy atom. The van der Waals surface area contributed by atoms with Gasteiger partial charge in [-0.2, -0.15) is 5.26 Å². The third kappa shape index (κ3) is 3.24. The van der Waals surface area contributed by atoms with E-state index in [4.69, 9.17) is 10.00 Å². The van der Waals surface area contributed by atoms with Crippen LogP contribution in [0.5, 0.6) is 5.75 Å². The van der Waals surface area contributed by atoms with Crippen molar-refractivity contribution in [2.24, 2.45) is 5.92 Å². The number of hydrogen-bond acceptors (Lipinski definition) is 3. The number of likely N-dealkylation sites (tertiary alicyclic amines) is 1. The summed E-state index contributed by atoms with van der Waals surface area (Å²) in [6, 6.07) is 9.40. The first kappa shape index (κ1) is 14.9. The predicted molar refractivity (Wildman–Crippen MR) is 83.3 cm³/mol. The van der Waals surface area contributed by atoms with Gasteiger partial charge in [-0.1, -0.05) is 12.8 Å². The van der Waals surface area contributed by atoms with Crippen molar-refractivity contribution in [3.63, 3.8) is 0 Å². The second-order valence-corrected chi connectivity index (χ2v) is 6.27. The van der Waals surface area contributed by atoms with Gasteiger partial charge in [0, 0.05) is 12.6 Å². The normalized spacial score (nSPS) is 24.2. The topological polar surface area (TPSA) is 53.3 Å². The zero-order valence-electron chi connectivity index (χ0n) is 12.8. The summed E-state index contributed by atoms with van der Waals surface area (Å²) in [6.07, 6.45) is 7.35. The molecule has 0 spiro atoms. The van der Waals surface area contributed by atoms with Crippen molar-refractivity contribution >= 4 is 5.91 Å². The molecule has 1 aliphatic heterocycles. The molecule has 1 amide bonds. The minimum atomic E-state index is 0.0924. The van der Waals surface area contributed by atoms with E-state index in [9.17, 15) is 4.79 Å². The van der Waals surface area contributed by atoms with Gasteiger partial charge in [0.2, 0.25) is 0 Å². The molecule has 0 bridgehead atoms. The van der Waals surface area contributed by atoms with Crippen LogP contribution in [0.4, 0.5) is 0 Å². The van der Waals surface area contributed by atoms with E-state index in [0.717, 1.165) is 19.4 Å². The standard InChI is InChI=1S/C18H22N2O2/c19-12-14-7-9-16(10-8-14)22-13-18(21)20-11-3-5-15-4-1-2-6-17(15)20/h7-10,15,17H,1-6,11,13H2/t15-,17+/m0/s1. The molecule has 2 atom stereocenters. The second-order valence-electron chi connectivity index (χ2n) is 6.27. The average Bonchev–Trinajstić information content (AvgIpc) is 2.59. The van der Waals surface area contributed by atoms with E-state index in [0.29, 0.717) is 23.3 Å². The molecule has 0 aromatic heterocycles. The highest BCUT2D eigenvalue weighted by Gasteiger charge is 2.35. The molecular formula is C18H22N2O2. The zero-order chi connectivity index (χ0) is 15.4. The monoisotopic (exact) mass is 298 g/mol.